The zero-order chi connectivity index (χ0) is 21.6. The zero-order valence-electron chi connectivity index (χ0n) is 17.0. The molecular weight excluding hydrogens is 391 g/mol. The van der Waals surface area contributed by atoms with Gasteiger partial charge in [0.2, 0.25) is 0 Å². The lowest BCUT2D eigenvalue weighted by atomic mass is 10.1. The van der Waals surface area contributed by atoms with Crippen LogP contribution in [0.2, 0.25) is 0 Å². The average Bonchev–Trinajstić information content (AvgIpc) is 2.74. The Hall–Kier alpha value is -3.09. The Morgan fingerprint density at radius 1 is 0.867 bits per heavy atom. The third-order valence-electron chi connectivity index (χ3n) is 4.77. The predicted molar refractivity (Wildman–Crippen MR) is 111 cm³/mol. The summed E-state index contributed by atoms with van der Waals surface area (Å²) in [4.78, 5) is 8.69. The van der Waals surface area contributed by atoms with Crippen molar-refractivity contribution in [2.75, 3.05) is 11.9 Å². The minimum Gasteiger partial charge on any atom is -0.457 e. The Balaban J connectivity index is 1.55. The van der Waals surface area contributed by atoms with Gasteiger partial charge >= 0.3 is 6.18 Å². The quantitative estimate of drug-likeness (QED) is 0.485. The lowest BCUT2D eigenvalue weighted by Gasteiger charge is -2.12. The van der Waals surface area contributed by atoms with E-state index in [1.54, 1.807) is 6.33 Å². The number of ether oxygens (including phenoxy) is 1. The molecule has 4 nitrogen and oxygen atoms in total. The van der Waals surface area contributed by atoms with Gasteiger partial charge in [-0.25, -0.2) is 9.97 Å². The van der Waals surface area contributed by atoms with E-state index in [1.807, 2.05) is 24.3 Å². The number of hydrogen-bond acceptors (Lipinski definition) is 4. The summed E-state index contributed by atoms with van der Waals surface area (Å²) in [5, 5.41) is 3.38. The number of rotatable bonds is 8. The molecule has 0 unspecified atom stereocenters. The van der Waals surface area contributed by atoms with E-state index in [9.17, 15) is 13.2 Å². The van der Waals surface area contributed by atoms with Crippen molar-refractivity contribution >= 4 is 5.82 Å². The lowest BCUT2D eigenvalue weighted by Crippen LogP contribution is -2.10. The van der Waals surface area contributed by atoms with E-state index in [-0.39, 0.29) is 0 Å². The van der Waals surface area contributed by atoms with Crippen molar-refractivity contribution in [3.8, 4) is 11.5 Å². The highest BCUT2D eigenvalue weighted by Crippen LogP contribution is 2.31. The lowest BCUT2D eigenvalue weighted by molar-refractivity contribution is -0.137. The predicted octanol–water partition coefficient (Wildman–Crippen LogP) is 6.07. The fourth-order valence-electron chi connectivity index (χ4n) is 3.17. The molecule has 3 aromatic rings. The van der Waals surface area contributed by atoms with Gasteiger partial charge in [0, 0.05) is 17.8 Å². The Bertz CT molecular complexity index is 955. The summed E-state index contributed by atoms with van der Waals surface area (Å²) < 4.78 is 43.5. The van der Waals surface area contributed by atoms with Crippen molar-refractivity contribution < 1.29 is 17.9 Å². The molecule has 0 bridgehead atoms. The maximum Gasteiger partial charge on any atom is 0.416 e. The van der Waals surface area contributed by atoms with Crippen LogP contribution in [0.1, 0.15) is 36.2 Å². The van der Waals surface area contributed by atoms with Gasteiger partial charge in [-0.3, -0.25) is 0 Å². The molecular formula is C23H24F3N3O. The minimum atomic E-state index is -4.35. The first-order valence-corrected chi connectivity index (χ1v) is 9.91. The molecule has 0 saturated heterocycles. The molecule has 0 aliphatic heterocycles. The highest BCUT2D eigenvalue weighted by molar-refractivity contribution is 5.46. The standard InChI is InChI=1S/C23H24F3N3O/c1-3-20-21(4-2)28-15-29-22(20)27-14-13-16-5-9-18(10-6-16)30-19-11-7-17(8-12-19)23(24,25)26/h5-12,15H,3-4,13-14H2,1-2H3,(H,27,28,29). The summed E-state index contributed by atoms with van der Waals surface area (Å²) >= 11 is 0. The fourth-order valence-corrected chi connectivity index (χ4v) is 3.17. The number of nitrogens with zero attached hydrogens (tertiary/aromatic N) is 2. The molecule has 1 N–H and O–H groups in total. The number of hydrogen-bond donors (Lipinski definition) is 1. The van der Waals surface area contributed by atoms with Crippen LogP contribution in [0.4, 0.5) is 19.0 Å². The summed E-state index contributed by atoms with van der Waals surface area (Å²) in [7, 11) is 0. The molecule has 7 heteroatoms. The van der Waals surface area contributed by atoms with E-state index in [1.165, 1.54) is 12.1 Å². The highest BCUT2D eigenvalue weighted by atomic mass is 19.4. The number of aryl methyl sites for hydroxylation is 1. The molecule has 1 aromatic heterocycles. The second-order valence-corrected chi connectivity index (χ2v) is 6.80. The van der Waals surface area contributed by atoms with Crippen molar-refractivity contribution in [1.29, 1.82) is 0 Å². The van der Waals surface area contributed by atoms with Crippen molar-refractivity contribution in [3.05, 3.63) is 77.2 Å². The largest absolute Gasteiger partial charge is 0.457 e. The highest BCUT2D eigenvalue weighted by Gasteiger charge is 2.30. The van der Waals surface area contributed by atoms with Crippen molar-refractivity contribution in [2.45, 2.75) is 39.3 Å². The minimum absolute atomic E-state index is 0.361. The van der Waals surface area contributed by atoms with Gasteiger partial charge in [0.25, 0.3) is 0 Å². The molecule has 0 saturated carbocycles. The Morgan fingerprint density at radius 3 is 2.07 bits per heavy atom. The second-order valence-electron chi connectivity index (χ2n) is 6.80. The van der Waals surface area contributed by atoms with E-state index in [0.29, 0.717) is 11.5 Å². The van der Waals surface area contributed by atoms with Crippen LogP contribution in [0, 0.1) is 0 Å². The molecule has 0 fully saturated rings. The van der Waals surface area contributed by atoms with Gasteiger partial charge in [0.15, 0.2) is 0 Å². The summed E-state index contributed by atoms with van der Waals surface area (Å²) in [6.07, 6.45) is -0.206. The smallest absolute Gasteiger partial charge is 0.416 e. The van der Waals surface area contributed by atoms with E-state index < -0.39 is 11.7 Å². The number of nitrogens with one attached hydrogen (secondary N) is 1. The van der Waals surface area contributed by atoms with Gasteiger partial charge in [-0.1, -0.05) is 26.0 Å². The maximum atomic E-state index is 12.6. The summed E-state index contributed by atoms with van der Waals surface area (Å²) in [6.45, 7) is 4.91. The number of anilines is 1. The third-order valence-corrected chi connectivity index (χ3v) is 4.77. The van der Waals surface area contributed by atoms with E-state index in [4.69, 9.17) is 4.74 Å². The zero-order valence-corrected chi connectivity index (χ0v) is 17.0. The number of alkyl halides is 3. The van der Waals surface area contributed by atoms with Crippen LogP contribution in [-0.4, -0.2) is 16.5 Å². The second kappa shape index (κ2) is 9.61. The molecule has 2 aromatic carbocycles. The van der Waals surface area contributed by atoms with Crippen LogP contribution in [0.15, 0.2) is 54.9 Å². The molecule has 0 aliphatic rings. The van der Waals surface area contributed by atoms with Crippen molar-refractivity contribution in [2.24, 2.45) is 0 Å². The summed E-state index contributed by atoms with van der Waals surface area (Å²) in [6, 6.07) is 12.2. The average molecular weight is 415 g/mol. The first kappa shape index (κ1) is 21.6. The summed E-state index contributed by atoms with van der Waals surface area (Å²) in [5.74, 6) is 1.81. The molecule has 0 radical (unpaired) electrons. The fraction of sp³-hybridized carbons (Fsp3) is 0.304. The first-order chi connectivity index (χ1) is 14.4. The maximum absolute atomic E-state index is 12.6. The Labute approximate surface area is 174 Å². The van der Waals surface area contributed by atoms with Gasteiger partial charge in [-0.15, -0.1) is 0 Å². The van der Waals surface area contributed by atoms with Gasteiger partial charge in [-0.05, 0) is 61.2 Å². The Kier molecular flexibility index (Phi) is 6.92. The summed E-state index contributed by atoms with van der Waals surface area (Å²) in [5.41, 5.74) is 2.64. The molecule has 158 valence electrons. The van der Waals surface area contributed by atoms with E-state index >= 15 is 0 Å². The third kappa shape index (κ3) is 5.49. The van der Waals surface area contributed by atoms with Crippen LogP contribution in [-0.2, 0) is 25.4 Å². The monoisotopic (exact) mass is 415 g/mol. The van der Waals surface area contributed by atoms with Crippen LogP contribution in [0.25, 0.3) is 0 Å². The number of aromatic nitrogens is 2. The van der Waals surface area contributed by atoms with Crippen LogP contribution in [0.5, 0.6) is 11.5 Å². The van der Waals surface area contributed by atoms with E-state index in [0.717, 1.165) is 60.6 Å². The van der Waals surface area contributed by atoms with Gasteiger partial charge < -0.3 is 10.1 Å². The van der Waals surface area contributed by atoms with Gasteiger partial charge in [0.05, 0.1) is 5.56 Å². The first-order valence-electron chi connectivity index (χ1n) is 9.91. The molecule has 0 amide bonds. The van der Waals surface area contributed by atoms with E-state index in [2.05, 4.69) is 29.1 Å². The Morgan fingerprint density at radius 2 is 1.50 bits per heavy atom. The molecule has 30 heavy (non-hydrogen) atoms. The van der Waals surface area contributed by atoms with Gasteiger partial charge in [-0.2, -0.15) is 13.2 Å². The van der Waals surface area contributed by atoms with Crippen molar-refractivity contribution in [3.63, 3.8) is 0 Å². The van der Waals surface area contributed by atoms with Crippen molar-refractivity contribution in [1.82, 2.24) is 9.97 Å². The molecule has 0 aliphatic carbocycles. The molecule has 0 atom stereocenters. The molecule has 0 spiro atoms. The van der Waals surface area contributed by atoms with Crippen LogP contribution in [0.3, 0.4) is 0 Å². The topological polar surface area (TPSA) is 47.0 Å². The number of benzene rings is 2. The number of halogens is 3. The van der Waals surface area contributed by atoms with Gasteiger partial charge in [0.1, 0.15) is 23.6 Å². The SMILES string of the molecule is CCc1ncnc(NCCc2ccc(Oc3ccc(C(F)(F)F)cc3)cc2)c1CC. The molecule has 1 heterocycles. The van der Waals surface area contributed by atoms with Crippen LogP contribution >= 0.6 is 0 Å². The van der Waals surface area contributed by atoms with Crippen LogP contribution < -0.4 is 10.1 Å². The normalized spacial score (nSPS) is 11.4. The molecule has 3 rings (SSSR count).